The molecule has 8 nitrogen and oxygen atoms in total. The Morgan fingerprint density at radius 2 is 2.17 bits per heavy atom. The molecule has 2 aliphatic heterocycles. The van der Waals surface area contributed by atoms with Crippen LogP contribution in [0, 0.1) is 0 Å². The van der Waals surface area contributed by atoms with E-state index in [9.17, 15) is 9.90 Å². The maximum atomic E-state index is 11.4. The third-order valence-corrected chi connectivity index (χ3v) is 4.31. The number of hydrogen-bond acceptors (Lipinski definition) is 7. The molecule has 0 amide bonds. The molecule has 0 radical (unpaired) electrons. The van der Waals surface area contributed by atoms with E-state index in [1.54, 1.807) is 10.8 Å². The molecular weight excluding hydrogens is 332 g/mol. The van der Waals surface area contributed by atoms with E-state index in [1.807, 2.05) is 24.5 Å². The summed E-state index contributed by atoms with van der Waals surface area (Å²) in [6, 6.07) is 5.16. The van der Waals surface area contributed by atoms with Gasteiger partial charge < -0.3 is 19.9 Å². The molecule has 0 bridgehead atoms. The van der Waals surface area contributed by atoms with Gasteiger partial charge in [-0.25, -0.2) is 9.48 Å². The molecule has 0 spiro atoms. The highest BCUT2D eigenvalue weighted by atomic mass is 32.2. The van der Waals surface area contributed by atoms with Crippen molar-refractivity contribution in [3.63, 3.8) is 0 Å². The lowest BCUT2D eigenvalue weighted by atomic mass is 10.0. The van der Waals surface area contributed by atoms with Crippen LogP contribution in [-0.4, -0.2) is 45.3 Å². The number of hydrogen-bond donors (Lipinski definition) is 2. The molecule has 124 valence electrons. The van der Waals surface area contributed by atoms with Gasteiger partial charge in [0.15, 0.2) is 11.5 Å². The molecule has 0 unspecified atom stereocenters. The van der Waals surface area contributed by atoms with Crippen molar-refractivity contribution >= 4 is 23.7 Å². The predicted molar refractivity (Wildman–Crippen MR) is 86.7 cm³/mol. The van der Waals surface area contributed by atoms with Crippen molar-refractivity contribution in [1.82, 2.24) is 14.8 Å². The van der Waals surface area contributed by atoms with Gasteiger partial charge in [0.25, 0.3) is 0 Å². The SMILES string of the molecule is CSc1nc2n(n1)[C@H](c1ccc3c(c1)OCCO3)C=C(C(=O)O)N2. The zero-order valence-electron chi connectivity index (χ0n) is 12.7. The number of allylic oxidation sites excluding steroid dienone is 1. The lowest BCUT2D eigenvalue weighted by Crippen LogP contribution is -2.24. The van der Waals surface area contributed by atoms with E-state index >= 15 is 0 Å². The molecule has 4 rings (SSSR count). The highest BCUT2D eigenvalue weighted by molar-refractivity contribution is 7.98. The number of benzene rings is 1. The summed E-state index contributed by atoms with van der Waals surface area (Å²) in [6.07, 6.45) is 3.48. The number of rotatable bonds is 3. The smallest absolute Gasteiger partial charge is 0.352 e. The van der Waals surface area contributed by atoms with Gasteiger partial charge in [-0.1, -0.05) is 17.8 Å². The Kier molecular flexibility index (Phi) is 3.57. The number of fused-ring (bicyclic) bond motifs is 2. The van der Waals surface area contributed by atoms with Crippen LogP contribution in [0.1, 0.15) is 11.6 Å². The van der Waals surface area contributed by atoms with Crippen molar-refractivity contribution in [2.45, 2.75) is 11.2 Å². The number of nitrogens with zero attached hydrogens (tertiary/aromatic N) is 3. The fourth-order valence-corrected chi connectivity index (χ4v) is 3.01. The Morgan fingerprint density at radius 3 is 2.92 bits per heavy atom. The van der Waals surface area contributed by atoms with Crippen molar-refractivity contribution in [2.75, 3.05) is 24.8 Å². The Balaban J connectivity index is 1.80. The summed E-state index contributed by atoms with van der Waals surface area (Å²) >= 11 is 1.39. The Morgan fingerprint density at radius 1 is 1.38 bits per heavy atom. The van der Waals surface area contributed by atoms with Gasteiger partial charge in [0.1, 0.15) is 25.0 Å². The number of carboxylic acids is 1. The van der Waals surface area contributed by atoms with Crippen LogP contribution in [0.3, 0.4) is 0 Å². The number of carboxylic acid groups (broad SMARTS) is 1. The summed E-state index contributed by atoms with van der Waals surface area (Å²) in [5, 5.41) is 17.1. The van der Waals surface area contributed by atoms with Crippen LogP contribution in [-0.2, 0) is 4.79 Å². The third-order valence-electron chi connectivity index (χ3n) is 3.77. The monoisotopic (exact) mass is 346 g/mol. The van der Waals surface area contributed by atoms with Gasteiger partial charge in [0, 0.05) is 0 Å². The minimum atomic E-state index is -1.04. The molecule has 3 heterocycles. The largest absolute Gasteiger partial charge is 0.486 e. The van der Waals surface area contributed by atoms with Crippen molar-refractivity contribution in [3.8, 4) is 11.5 Å². The number of carbonyl (C=O) groups is 1. The molecular formula is C15H14N4O4S. The molecule has 0 saturated heterocycles. The summed E-state index contributed by atoms with van der Waals surface area (Å²) in [5.41, 5.74) is 0.917. The molecule has 0 saturated carbocycles. The molecule has 0 fully saturated rings. The minimum Gasteiger partial charge on any atom is -0.486 e. The molecule has 24 heavy (non-hydrogen) atoms. The van der Waals surface area contributed by atoms with Crippen molar-refractivity contribution < 1.29 is 19.4 Å². The van der Waals surface area contributed by atoms with Crippen molar-refractivity contribution in [3.05, 3.63) is 35.5 Å². The van der Waals surface area contributed by atoms with E-state index in [1.165, 1.54) is 11.8 Å². The summed E-state index contributed by atoms with van der Waals surface area (Å²) in [7, 11) is 0. The zero-order valence-corrected chi connectivity index (χ0v) is 13.5. The average Bonchev–Trinajstić information content (AvgIpc) is 3.03. The Labute approximate surface area is 141 Å². The van der Waals surface area contributed by atoms with Crippen molar-refractivity contribution in [2.24, 2.45) is 0 Å². The van der Waals surface area contributed by atoms with Crippen LogP contribution in [0.2, 0.25) is 0 Å². The minimum absolute atomic E-state index is 0.0717. The van der Waals surface area contributed by atoms with E-state index in [0.29, 0.717) is 35.8 Å². The highest BCUT2D eigenvalue weighted by Crippen LogP contribution is 2.36. The second-order valence-electron chi connectivity index (χ2n) is 5.23. The lowest BCUT2D eigenvalue weighted by Gasteiger charge is -2.24. The van der Waals surface area contributed by atoms with Crippen LogP contribution >= 0.6 is 11.8 Å². The zero-order chi connectivity index (χ0) is 16.7. The summed E-state index contributed by atoms with van der Waals surface area (Å²) in [6.45, 7) is 1.01. The van der Waals surface area contributed by atoms with Gasteiger partial charge in [-0.15, -0.1) is 5.10 Å². The second kappa shape index (κ2) is 5.75. The molecule has 2 N–H and O–H groups in total. The van der Waals surface area contributed by atoms with Gasteiger partial charge in [-0.2, -0.15) is 4.98 Å². The molecule has 2 aliphatic rings. The Hall–Kier alpha value is -2.68. The van der Waals surface area contributed by atoms with Crippen LogP contribution in [0.4, 0.5) is 5.95 Å². The maximum Gasteiger partial charge on any atom is 0.352 e. The van der Waals surface area contributed by atoms with Crippen molar-refractivity contribution in [1.29, 1.82) is 0 Å². The predicted octanol–water partition coefficient (Wildman–Crippen LogP) is 1.75. The number of aromatic nitrogens is 3. The normalized spacial score (nSPS) is 18.4. The number of nitrogens with one attached hydrogen (secondary N) is 1. The van der Waals surface area contributed by atoms with Crippen LogP contribution in [0.15, 0.2) is 35.1 Å². The summed E-state index contributed by atoms with van der Waals surface area (Å²) in [4.78, 5) is 15.7. The van der Waals surface area contributed by atoms with Crippen LogP contribution in [0.5, 0.6) is 11.5 Å². The topological polar surface area (TPSA) is 98.5 Å². The average molecular weight is 346 g/mol. The number of aliphatic carboxylic acids is 1. The standard InChI is InChI=1S/C15H14N4O4S/c1-24-15-17-14-16-9(13(20)21)7-10(19(14)18-15)8-2-3-11-12(6-8)23-5-4-22-11/h2-3,6-7,10H,4-5H2,1H3,(H,20,21)(H,16,17,18)/t10-/m0/s1. The number of ether oxygens (including phenoxy) is 2. The first kappa shape index (κ1) is 14.9. The molecule has 2 aromatic rings. The van der Waals surface area contributed by atoms with Gasteiger partial charge in [0.2, 0.25) is 11.1 Å². The molecule has 1 aromatic carbocycles. The summed E-state index contributed by atoms with van der Waals surface area (Å²) < 4.78 is 12.8. The maximum absolute atomic E-state index is 11.4. The van der Waals surface area contributed by atoms with Gasteiger partial charge in [-0.05, 0) is 30.0 Å². The fourth-order valence-electron chi connectivity index (χ4n) is 2.67. The van der Waals surface area contributed by atoms with E-state index < -0.39 is 12.0 Å². The molecule has 9 heteroatoms. The fraction of sp³-hybridized carbons (Fsp3) is 0.267. The van der Waals surface area contributed by atoms with E-state index in [0.717, 1.165) is 5.56 Å². The van der Waals surface area contributed by atoms with E-state index in [2.05, 4.69) is 15.4 Å². The summed E-state index contributed by atoms with van der Waals surface area (Å²) in [5.74, 6) is 0.691. The number of anilines is 1. The highest BCUT2D eigenvalue weighted by Gasteiger charge is 2.28. The first-order chi connectivity index (χ1) is 11.7. The van der Waals surface area contributed by atoms with E-state index in [-0.39, 0.29) is 5.70 Å². The number of thioether (sulfide) groups is 1. The first-order valence-electron chi connectivity index (χ1n) is 7.28. The van der Waals surface area contributed by atoms with E-state index in [4.69, 9.17) is 9.47 Å². The first-order valence-corrected chi connectivity index (χ1v) is 8.50. The second-order valence-corrected chi connectivity index (χ2v) is 6.00. The van der Waals surface area contributed by atoms with Gasteiger partial charge in [-0.3, -0.25) is 0 Å². The lowest BCUT2D eigenvalue weighted by molar-refractivity contribution is -0.132. The Bertz CT molecular complexity index is 848. The molecule has 1 aromatic heterocycles. The van der Waals surface area contributed by atoms with Crippen LogP contribution in [0.25, 0.3) is 0 Å². The molecule has 0 aliphatic carbocycles. The van der Waals surface area contributed by atoms with Gasteiger partial charge in [0.05, 0.1) is 0 Å². The quantitative estimate of drug-likeness (QED) is 0.811. The molecule has 1 atom stereocenters. The third kappa shape index (κ3) is 2.46. The van der Waals surface area contributed by atoms with Gasteiger partial charge >= 0.3 is 5.97 Å². The van der Waals surface area contributed by atoms with Crippen LogP contribution < -0.4 is 14.8 Å².